The van der Waals surface area contributed by atoms with E-state index in [-0.39, 0.29) is 4.86 Å². The molecule has 5 nitrogen and oxygen atoms in total. The molecule has 0 aliphatic carbocycles. The van der Waals surface area contributed by atoms with Gasteiger partial charge in [0.05, 0.1) is 4.86 Å². The topological polar surface area (TPSA) is 63.7 Å². The Hall–Kier alpha value is -1.82. The lowest BCUT2D eigenvalue weighted by Gasteiger charge is -2.24. The minimum Gasteiger partial charge on any atom is -0.443 e. The van der Waals surface area contributed by atoms with Gasteiger partial charge < -0.3 is 4.74 Å². The van der Waals surface area contributed by atoms with E-state index >= 15 is 0 Å². The molecule has 0 unspecified atom stereocenters. The molecule has 0 saturated heterocycles. The molecule has 0 aliphatic rings. The molecule has 20 heavy (non-hydrogen) atoms. The Morgan fingerprint density at radius 1 is 1.25 bits per heavy atom. The van der Waals surface area contributed by atoms with Gasteiger partial charge in [-0.1, -0.05) is 12.1 Å². The highest BCUT2D eigenvalue weighted by molar-refractivity contribution is 7.73. The smallest absolute Gasteiger partial charge is 0.414 e. The highest BCUT2D eigenvalue weighted by Crippen LogP contribution is 2.18. The predicted octanol–water partition coefficient (Wildman–Crippen LogP) is 2.48. The van der Waals surface area contributed by atoms with Crippen molar-refractivity contribution in [1.29, 1.82) is 0 Å². The molecule has 0 aliphatic heterocycles. The highest BCUT2D eigenvalue weighted by atomic mass is 32.2. The van der Waals surface area contributed by atoms with Gasteiger partial charge >= 0.3 is 6.09 Å². The lowest BCUT2D eigenvalue weighted by Crippen LogP contribution is -2.34. The Balaban J connectivity index is 3.07. The van der Waals surface area contributed by atoms with E-state index in [1.165, 1.54) is 11.8 Å². The van der Waals surface area contributed by atoms with Crippen molar-refractivity contribution >= 4 is 26.9 Å². The fraction of sp³-hybridized carbons (Fsp3) is 0.429. The number of hydrogen-bond donors (Lipinski definition) is 0. The van der Waals surface area contributed by atoms with Gasteiger partial charge in [-0.2, -0.15) is 8.42 Å². The van der Waals surface area contributed by atoms with Crippen LogP contribution in [0.3, 0.4) is 0 Å². The molecule has 0 saturated carbocycles. The van der Waals surface area contributed by atoms with Crippen molar-refractivity contribution < 1.29 is 17.9 Å². The van der Waals surface area contributed by atoms with Gasteiger partial charge in [-0.25, -0.2) is 4.79 Å². The summed E-state index contributed by atoms with van der Waals surface area (Å²) in [5.74, 6) is 0. The summed E-state index contributed by atoms with van der Waals surface area (Å²) in [6, 6.07) is 6.73. The predicted molar refractivity (Wildman–Crippen MR) is 79.8 cm³/mol. The number of carbonyl (C=O) groups excluding carboxylic acids is 1. The number of amides is 1. The van der Waals surface area contributed by atoms with E-state index in [0.717, 1.165) is 0 Å². The van der Waals surface area contributed by atoms with E-state index in [1.54, 1.807) is 52.1 Å². The van der Waals surface area contributed by atoms with Gasteiger partial charge in [0, 0.05) is 12.7 Å². The van der Waals surface area contributed by atoms with Crippen molar-refractivity contribution in [2.75, 3.05) is 11.9 Å². The van der Waals surface area contributed by atoms with Gasteiger partial charge in [0.25, 0.3) is 0 Å². The zero-order valence-corrected chi connectivity index (χ0v) is 13.1. The second kappa shape index (κ2) is 6.09. The molecule has 1 amide bonds. The number of nitrogens with zero attached hydrogens (tertiary/aromatic N) is 1. The summed E-state index contributed by atoms with van der Waals surface area (Å²) in [4.78, 5) is 13.5. The van der Waals surface area contributed by atoms with Crippen LogP contribution in [0.2, 0.25) is 0 Å². The van der Waals surface area contributed by atoms with E-state index in [1.807, 2.05) is 0 Å². The number of benzene rings is 1. The zero-order chi connectivity index (χ0) is 15.5. The number of rotatable bonds is 2. The van der Waals surface area contributed by atoms with Gasteiger partial charge in [-0.3, -0.25) is 4.90 Å². The van der Waals surface area contributed by atoms with Crippen LogP contribution in [0.5, 0.6) is 0 Å². The van der Waals surface area contributed by atoms with Gasteiger partial charge in [0.15, 0.2) is 0 Å². The third-order valence-electron chi connectivity index (χ3n) is 2.56. The molecule has 1 aromatic rings. The molecule has 0 heterocycles. The van der Waals surface area contributed by atoms with E-state index in [0.29, 0.717) is 11.3 Å². The second-order valence-electron chi connectivity index (χ2n) is 5.38. The first-order valence-electron chi connectivity index (χ1n) is 6.12. The van der Waals surface area contributed by atoms with E-state index in [2.05, 4.69) is 0 Å². The van der Waals surface area contributed by atoms with Gasteiger partial charge in [-0.15, -0.1) is 0 Å². The van der Waals surface area contributed by atoms with Crippen molar-refractivity contribution in [3.05, 3.63) is 29.8 Å². The quantitative estimate of drug-likeness (QED) is 0.621. The molecule has 0 spiro atoms. The number of carbonyl (C=O) groups is 1. The molecule has 0 fully saturated rings. The number of anilines is 1. The molecule has 0 radical (unpaired) electrons. The Morgan fingerprint density at radius 3 is 2.35 bits per heavy atom. The third kappa shape index (κ3) is 4.38. The summed E-state index contributed by atoms with van der Waals surface area (Å²) in [5, 5.41) is 0. The van der Waals surface area contributed by atoms with Gasteiger partial charge in [-0.05, 0) is 45.4 Å². The van der Waals surface area contributed by atoms with E-state index < -0.39 is 22.0 Å². The lowest BCUT2D eigenvalue weighted by molar-refractivity contribution is 0.0589. The molecule has 110 valence electrons. The fourth-order valence-electron chi connectivity index (χ4n) is 1.47. The van der Waals surface area contributed by atoms with Crippen LogP contribution in [-0.4, -0.2) is 32.0 Å². The van der Waals surface area contributed by atoms with Crippen molar-refractivity contribution in [2.45, 2.75) is 33.3 Å². The number of ether oxygens (including phenoxy) is 1. The summed E-state index contributed by atoms with van der Waals surface area (Å²) in [5.41, 5.74) is 0.536. The summed E-state index contributed by atoms with van der Waals surface area (Å²) in [6.07, 6.45) is -0.490. The zero-order valence-electron chi connectivity index (χ0n) is 12.3. The maximum atomic E-state index is 11.9. The molecular formula is C14H19NO4S. The minimum absolute atomic E-state index is 0.226. The summed E-state index contributed by atoms with van der Waals surface area (Å²) >= 11 is 0. The van der Waals surface area contributed by atoms with Crippen LogP contribution in [0, 0.1) is 0 Å². The summed E-state index contributed by atoms with van der Waals surface area (Å²) in [7, 11) is -0.697. The second-order valence-corrected chi connectivity index (χ2v) is 6.46. The molecular weight excluding hydrogens is 278 g/mol. The largest absolute Gasteiger partial charge is 0.443 e. The van der Waals surface area contributed by atoms with Crippen LogP contribution in [0.1, 0.15) is 33.3 Å². The van der Waals surface area contributed by atoms with Crippen LogP contribution < -0.4 is 4.90 Å². The Labute approximate surface area is 120 Å². The van der Waals surface area contributed by atoms with Crippen molar-refractivity contribution in [1.82, 2.24) is 0 Å². The van der Waals surface area contributed by atoms with Crippen molar-refractivity contribution in [3.63, 3.8) is 0 Å². The van der Waals surface area contributed by atoms with Gasteiger partial charge in [0.2, 0.25) is 10.3 Å². The van der Waals surface area contributed by atoms with E-state index in [4.69, 9.17) is 4.74 Å². The maximum absolute atomic E-state index is 11.9. The van der Waals surface area contributed by atoms with Crippen LogP contribution in [0.25, 0.3) is 0 Å². The molecule has 0 bridgehead atoms. The third-order valence-corrected chi connectivity index (χ3v) is 3.29. The summed E-state index contributed by atoms with van der Waals surface area (Å²) < 4.78 is 27.2. The average molecular weight is 297 g/mol. The Kier molecular flexibility index (Phi) is 4.94. The maximum Gasteiger partial charge on any atom is 0.414 e. The first-order chi connectivity index (χ1) is 9.11. The minimum atomic E-state index is -2.28. The van der Waals surface area contributed by atoms with Gasteiger partial charge in [0.1, 0.15) is 5.60 Å². The van der Waals surface area contributed by atoms with Crippen LogP contribution in [0.4, 0.5) is 10.5 Å². The van der Waals surface area contributed by atoms with Crippen molar-refractivity contribution in [3.8, 4) is 0 Å². The molecule has 6 heteroatoms. The number of hydrogen-bond acceptors (Lipinski definition) is 4. The van der Waals surface area contributed by atoms with Crippen LogP contribution in [0.15, 0.2) is 24.3 Å². The highest BCUT2D eigenvalue weighted by Gasteiger charge is 2.20. The molecule has 1 rings (SSSR count). The van der Waals surface area contributed by atoms with Crippen LogP contribution in [-0.2, 0) is 15.0 Å². The normalized spacial score (nSPS) is 10.8. The molecule has 0 atom stereocenters. The Morgan fingerprint density at radius 2 is 1.85 bits per heavy atom. The molecule has 0 aromatic heterocycles. The fourth-order valence-corrected chi connectivity index (χ4v) is 1.78. The first-order valence-corrected chi connectivity index (χ1v) is 7.19. The lowest BCUT2D eigenvalue weighted by atomic mass is 10.1. The SMILES string of the molecule is CC(c1cccc(N(C)C(=O)OC(C)(C)C)c1)=S(=O)=O. The molecule has 1 aromatic carbocycles. The summed E-state index contributed by atoms with van der Waals surface area (Å²) in [6.45, 7) is 6.87. The standard InChI is InChI=1S/C14H19NO4S/c1-10(20(17)18)11-7-6-8-12(9-11)15(5)13(16)19-14(2,3)4/h6-9H,1-5H3. The van der Waals surface area contributed by atoms with E-state index in [9.17, 15) is 13.2 Å². The molecule has 0 N–H and O–H groups in total. The monoisotopic (exact) mass is 297 g/mol. The first kappa shape index (κ1) is 16.2. The Bertz CT molecular complexity index is 633. The van der Waals surface area contributed by atoms with Crippen LogP contribution >= 0.6 is 0 Å². The van der Waals surface area contributed by atoms with Crippen molar-refractivity contribution in [2.24, 2.45) is 0 Å². The average Bonchev–Trinajstić information content (AvgIpc) is 2.35.